The molecule has 0 aliphatic carbocycles. The van der Waals surface area contributed by atoms with E-state index in [1.807, 2.05) is 0 Å². The molecule has 0 fully saturated rings. The lowest BCUT2D eigenvalue weighted by atomic mass is 10.5. The van der Waals surface area contributed by atoms with E-state index in [4.69, 9.17) is 0 Å². The number of carbonyl (C=O) groups excluding carboxylic acids is 1. The van der Waals surface area contributed by atoms with E-state index in [1.165, 1.54) is 10.0 Å². The number of urea groups is 1. The number of rotatable bonds is 0. The quantitative estimate of drug-likeness (QED) is 0.516. The number of hydrazone groups is 2. The fourth-order valence-electron chi connectivity index (χ4n) is 1.21. The van der Waals surface area contributed by atoms with Crippen molar-refractivity contribution >= 4 is 18.5 Å². The smallest absolute Gasteiger partial charge is 0.244 e. The molecule has 5 nitrogen and oxygen atoms in total. The zero-order valence-electron chi connectivity index (χ0n) is 6.68. The number of amides is 2. The van der Waals surface area contributed by atoms with E-state index >= 15 is 0 Å². The number of nitrogens with zero attached hydrogens (tertiary/aromatic N) is 4. The van der Waals surface area contributed by atoms with Crippen molar-refractivity contribution in [2.24, 2.45) is 10.2 Å². The van der Waals surface area contributed by atoms with E-state index in [1.54, 1.807) is 12.4 Å². The topological polar surface area (TPSA) is 48.3 Å². The molecule has 64 valence electrons. The van der Waals surface area contributed by atoms with Crippen LogP contribution in [0.5, 0.6) is 0 Å². The van der Waals surface area contributed by atoms with E-state index < -0.39 is 0 Å². The first kappa shape index (κ1) is 7.27. The van der Waals surface area contributed by atoms with E-state index in [-0.39, 0.29) is 6.03 Å². The van der Waals surface area contributed by atoms with Crippen LogP contribution in [0.4, 0.5) is 4.79 Å². The van der Waals surface area contributed by atoms with Gasteiger partial charge in [0.25, 0.3) is 0 Å². The molecule has 0 spiro atoms. The normalized spacial score (nSPS) is 21.0. The predicted molar refractivity (Wildman–Crippen MR) is 45.0 cm³/mol. The van der Waals surface area contributed by atoms with Gasteiger partial charge >= 0.3 is 6.03 Å². The molecule has 0 saturated carbocycles. The van der Waals surface area contributed by atoms with Crippen molar-refractivity contribution in [3.63, 3.8) is 0 Å². The van der Waals surface area contributed by atoms with Crippen molar-refractivity contribution in [2.75, 3.05) is 13.1 Å². The van der Waals surface area contributed by atoms with Crippen LogP contribution in [-0.2, 0) is 0 Å². The Hall–Kier alpha value is -1.39. The Bertz CT molecular complexity index is 224. The van der Waals surface area contributed by atoms with Gasteiger partial charge in [0.1, 0.15) is 0 Å². The lowest BCUT2D eigenvalue weighted by molar-refractivity contribution is 0.166. The van der Waals surface area contributed by atoms with Crippen LogP contribution in [0.15, 0.2) is 10.2 Å². The van der Waals surface area contributed by atoms with Crippen LogP contribution < -0.4 is 0 Å². The second-order valence-electron chi connectivity index (χ2n) is 2.70. The summed E-state index contributed by atoms with van der Waals surface area (Å²) in [5, 5.41) is 10.7. The van der Waals surface area contributed by atoms with E-state index in [2.05, 4.69) is 10.2 Å². The third-order valence-corrected chi connectivity index (χ3v) is 1.82. The van der Waals surface area contributed by atoms with E-state index in [0.29, 0.717) is 13.1 Å². The molecule has 5 heteroatoms. The molecule has 2 aliphatic heterocycles. The molecule has 0 aromatic rings. The van der Waals surface area contributed by atoms with Gasteiger partial charge in [0.05, 0.1) is 13.1 Å². The molecule has 0 bridgehead atoms. The summed E-state index contributed by atoms with van der Waals surface area (Å²) in [4.78, 5) is 11.5. The highest BCUT2D eigenvalue weighted by atomic mass is 16.2. The lowest BCUT2D eigenvalue weighted by Crippen LogP contribution is -2.35. The maximum Gasteiger partial charge on any atom is 0.360 e. The summed E-state index contributed by atoms with van der Waals surface area (Å²) in [6, 6.07) is -0.113. The summed E-state index contributed by atoms with van der Waals surface area (Å²) in [5.41, 5.74) is 0. The van der Waals surface area contributed by atoms with Gasteiger partial charge in [-0.05, 0) is 0 Å². The number of hydrogen-bond donors (Lipinski definition) is 0. The highest BCUT2D eigenvalue weighted by Gasteiger charge is 2.22. The van der Waals surface area contributed by atoms with Gasteiger partial charge in [-0.1, -0.05) is 0 Å². The fourth-order valence-corrected chi connectivity index (χ4v) is 1.21. The highest BCUT2D eigenvalue weighted by molar-refractivity contribution is 5.79. The average Bonchev–Trinajstić information content (AvgIpc) is 2.77. The molecule has 2 rings (SSSR count). The summed E-state index contributed by atoms with van der Waals surface area (Å²) in [6.07, 6.45) is 5.20. The summed E-state index contributed by atoms with van der Waals surface area (Å²) in [5.74, 6) is 0. The highest BCUT2D eigenvalue weighted by Crippen LogP contribution is 2.08. The molecule has 0 aromatic carbocycles. The molecule has 0 N–H and O–H groups in total. The largest absolute Gasteiger partial charge is 0.360 e. The summed E-state index contributed by atoms with van der Waals surface area (Å²) in [7, 11) is 0. The second kappa shape index (κ2) is 2.92. The molecule has 0 unspecified atom stereocenters. The van der Waals surface area contributed by atoms with Gasteiger partial charge in [-0.3, -0.25) is 0 Å². The maximum atomic E-state index is 11.5. The summed E-state index contributed by atoms with van der Waals surface area (Å²) >= 11 is 0. The third-order valence-electron chi connectivity index (χ3n) is 1.82. The summed E-state index contributed by atoms with van der Waals surface area (Å²) < 4.78 is 0. The van der Waals surface area contributed by atoms with Crippen molar-refractivity contribution in [2.45, 2.75) is 12.8 Å². The van der Waals surface area contributed by atoms with Crippen LogP contribution in [0.3, 0.4) is 0 Å². The van der Waals surface area contributed by atoms with Crippen molar-refractivity contribution in [3.05, 3.63) is 0 Å². The fraction of sp³-hybridized carbons (Fsp3) is 0.571. The van der Waals surface area contributed by atoms with Crippen molar-refractivity contribution in [3.8, 4) is 0 Å². The lowest BCUT2D eigenvalue weighted by Gasteiger charge is -2.17. The first-order valence-corrected chi connectivity index (χ1v) is 4.02. The Morgan fingerprint density at radius 3 is 1.92 bits per heavy atom. The molecule has 0 atom stereocenters. The maximum absolute atomic E-state index is 11.5. The molecule has 2 aliphatic rings. The zero-order valence-corrected chi connectivity index (χ0v) is 6.68. The van der Waals surface area contributed by atoms with Crippen LogP contribution in [0, 0.1) is 0 Å². The molecule has 0 radical (unpaired) electrons. The van der Waals surface area contributed by atoms with Gasteiger partial charge in [-0.25, -0.2) is 14.8 Å². The molecule has 2 heterocycles. The minimum absolute atomic E-state index is 0.113. The molecule has 0 saturated heterocycles. The van der Waals surface area contributed by atoms with Gasteiger partial charge in [-0.15, -0.1) is 0 Å². The van der Waals surface area contributed by atoms with E-state index in [0.717, 1.165) is 12.8 Å². The van der Waals surface area contributed by atoms with Crippen LogP contribution in [0.25, 0.3) is 0 Å². The minimum Gasteiger partial charge on any atom is -0.244 e. The van der Waals surface area contributed by atoms with Crippen LogP contribution in [0.2, 0.25) is 0 Å². The molecule has 2 amide bonds. The van der Waals surface area contributed by atoms with Crippen molar-refractivity contribution in [1.29, 1.82) is 0 Å². The number of hydrogen-bond acceptors (Lipinski definition) is 3. The zero-order chi connectivity index (χ0) is 8.39. The first-order chi connectivity index (χ1) is 5.88. The second-order valence-corrected chi connectivity index (χ2v) is 2.70. The van der Waals surface area contributed by atoms with Crippen molar-refractivity contribution < 1.29 is 4.79 Å². The van der Waals surface area contributed by atoms with Crippen LogP contribution in [-0.4, -0.2) is 41.6 Å². The SMILES string of the molecule is O=C(N1CCC=N1)N1CCC=N1. The predicted octanol–water partition coefficient (Wildman–Crippen LogP) is 0.489. The van der Waals surface area contributed by atoms with Gasteiger partial charge in [0, 0.05) is 25.3 Å². The Morgan fingerprint density at radius 2 is 1.58 bits per heavy atom. The van der Waals surface area contributed by atoms with Gasteiger partial charge in [0.15, 0.2) is 0 Å². The molecular formula is C7H10N4O. The number of carbonyl (C=O) groups is 1. The first-order valence-electron chi connectivity index (χ1n) is 4.02. The van der Waals surface area contributed by atoms with Crippen LogP contribution in [0.1, 0.15) is 12.8 Å². The average molecular weight is 166 g/mol. The Morgan fingerprint density at radius 1 is 1.08 bits per heavy atom. The standard InChI is InChI=1S/C7H10N4O/c12-7(10-5-1-3-8-10)11-6-2-4-9-11/h3-4H,1-2,5-6H2. The molecule has 12 heavy (non-hydrogen) atoms. The third kappa shape index (κ3) is 1.17. The Balaban J connectivity index is 1.99. The van der Waals surface area contributed by atoms with Gasteiger partial charge in [0.2, 0.25) is 0 Å². The van der Waals surface area contributed by atoms with Gasteiger partial charge in [-0.2, -0.15) is 10.2 Å². The molecule has 0 aromatic heterocycles. The van der Waals surface area contributed by atoms with Gasteiger partial charge < -0.3 is 0 Å². The minimum atomic E-state index is -0.113. The van der Waals surface area contributed by atoms with E-state index in [9.17, 15) is 4.79 Å². The monoisotopic (exact) mass is 166 g/mol. The Kier molecular flexibility index (Phi) is 1.77. The molecular weight excluding hydrogens is 156 g/mol. The van der Waals surface area contributed by atoms with Crippen molar-refractivity contribution in [1.82, 2.24) is 10.0 Å². The van der Waals surface area contributed by atoms with Crippen LogP contribution >= 0.6 is 0 Å². The Labute approximate surface area is 70.3 Å². The summed E-state index contributed by atoms with van der Waals surface area (Å²) in [6.45, 7) is 1.37.